The largest absolute Gasteiger partial charge is 0.354 e. The summed E-state index contributed by atoms with van der Waals surface area (Å²) in [6.07, 6.45) is 2.71. The number of aromatic nitrogens is 1. The topological polar surface area (TPSA) is 40.5 Å². The molecule has 0 fully saturated rings. The van der Waals surface area contributed by atoms with Gasteiger partial charge in [0.15, 0.2) is 5.11 Å². The molecule has 0 aliphatic heterocycles. The molecule has 1 aromatic carbocycles. The Morgan fingerprint density at radius 2 is 2.05 bits per heavy atom. The summed E-state index contributed by atoms with van der Waals surface area (Å²) in [4.78, 5) is 5.75. The lowest BCUT2D eigenvalue weighted by molar-refractivity contribution is 0.606. The molecule has 0 saturated heterocycles. The van der Waals surface area contributed by atoms with Crippen LogP contribution in [0, 0.1) is 5.82 Å². The second kappa shape index (κ2) is 5.71. The zero-order valence-corrected chi connectivity index (χ0v) is 11.4. The smallest absolute Gasteiger partial charge is 0.189 e. The van der Waals surface area contributed by atoms with Crippen LogP contribution in [0.25, 0.3) is 10.8 Å². The SMILES string of the molecule is CN(C)C(=S)NN=Cc1ncc(F)c2ccccc12. The molecule has 0 radical (unpaired) electrons. The van der Waals surface area contributed by atoms with Gasteiger partial charge in [-0.2, -0.15) is 5.10 Å². The molecule has 0 saturated carbocycles. The molecule has 0 unspecified atom stereocenters. The first-order valence-electron chi connectivity index (χ1n) is 5.63. The van der Waals surface area contributed by atoms with Crippen molar-refractivity contribution >= 4 is 34.3 Å². The molecular weight excluding hydrogens is 263 g/mol. The molecular formula is C13H13FN4S. The van der Waals surface area contributed by atoms with Crippen LogP contribution in [0.3, 0.4) is 0 Å². The van der Waals surface area contributed by atoms with Crippen molar-refractivity contribution in [3.63, 3.8) is 0 Å². The van der Waals surface area contributed by atoms with Crippen molar-refractivity contribution in [1.29, 1.82) is 0 Å². The number of benzene rings is 1. The summed E-state index contributed by atoms with van der Waals surface area (Å²) in [5.74, 6) is -0.343. The van der Waals surface area contributed by atoms with Gasteiger partial charge in [-0.1, -0.05) is 24.3 Å². The van der Waals surface area contributed by atoms with Crippen molar-refractivity contribution < 1.29 is 4.39 Å². The first-order chi connectivity index (χ1) is 9.09. The average Bonchev–Trinajstić information content (AvgIpc) is 2.41. The second-order valence-corrected chi connectivity index (χ2v) is 4.49. The summed E-state index contributed by atoms with van der Waals surface area (Å²) < 4.78 is 13.6. The second-order valence-electron chi connectivity index (χ2n) is 4.11. The first-order valence-corrected chi connectivity index (χ1v) is 6.04. The van der Waals surface area contributed by atoms with Crippen LogP contribution in [0.5, 0.6) is 0 Å². The van der Waals surface area contributed by atoms with Crippen LogP contribution in [0.4, 0.5) is 4.39 Å². The van der Waals surface area contributed by atoms with Crippen LogP contribution in [-0.2, 0) is 0 Å². The highest BCUT2D eigenvalue weighted by Crippen LogP contribution is 2.18. The van der Waals surface area contributed by atoms with Crippen LogP contribution in [-0.4, -0.2) is 35.3 Å². The van der Waals surface area contributed by atoms with E-state index in [1.54, 1.807) is 23.1 Å². The summed E-state index contributed by atoms with van der Waals surface area (Å²) >= 11 is 5.03. The number of hydrogen-bond acceptors (Lipinski definition) is 3. The quantitative estimate of drug-likeness (QED) is 0.518. The number of nitrogens with one attached hydrogen (secondary N) is 1. The lowest BCUT2D eigenvalue weighted by atomic mass is 10.1. The van der Waals surface area contributed by atoms with E-state index in [4.69, 9.17) is 12.2 Å². The zero-order chi connectivity index (χ0) is 13.8. The molecule has 1 aromatic heterocycles. The minimum Gasteiger partial charge on any atom is -0.354 e. The normalized spacial score (nSPS) is 10.9. The van der Waals surface area contributed by atoms with Crippen molar-refractivity contribution in [1.82, 2.24) is 15.3 Å². The van der Waals surface area contributed by atoms with Gasteiger partial charge in [-0.05, 0) is 12.2 Å². The fourth-order valence-electron chi connectivity index (χ4n) is 1.53. The Labute approximate surface area is 115 Å². The van der Waals surface area contributed by atoms with Gasteiger partial charge in [-0.3, -0.25) is 10.4 Å². The van der Waals surface area contributed by atoms with Crippen molar-refractivity contribution in [3.05, 3.63) is 42.0 Å². The average molecular weight is 276 g/mol. The molecule has 0 amide bonds. The van der Waals surface area contributed by atoms with E-state index in [0.29, 0.717) is 21.6 Å². The van der Waals surface area contributed by atoms with Gasteiger partial charge in [0, 0.05) is 24.9 Å². The number of rotatable bonds is 2. The molecule has 0 spiro atoms. The number of thiocarbonyl (C=S) groups is 1. The van der Waals surface area contributed by atoms with E-state index < -0.39 is 0 Å². The summed E-state index contributed by atoms with van der Waals surface area (Å²) in [6.45, 7) is 0. The van der Waals surface area contributed by atoms with Gasteiger partial charge in [0.2, 0.25) is 0 Å². The highest BCUT2D eigenvalue weighted by molar-refractivity contribution is 7.80. The molecule has 1 N–H and O–H groups in total. The van der Waals surface area contributed by atoms with Gasteiger partial charge >= 0.3 is 0 Å². The van der Waals surface area contributed by atoms with E-state index in [-0.39, 0.29) is 5.82 Å². The maximum absolute atomic E-state index is 13.6. The molecule has 4 nitrogen and oxygen atoms in total. The molecule has 1 heterocycles. The molecule has 98 valence electrons. The van der Waals surface area contributed by atoms with E-state index in [1.165, 1.54) is 12.4 Å². The van der Waals surface area contributed by atoms with Gasteiger partial charge in [-0.15, -0.1) is 0 Å². The number of pyridine rings is 1. The third-order valence-corrected chi connectivity index (χ3v) is 2.99. The van der Waals surface area contributed by atoms with Gasteiger partial charge in [0.25, 0.3) is 0 Å². The molecule has 0 aliphatic rings. The highest BCUT2D eigenvalue weighted by atomic mass is 32.1. The summed E-state index contributed by atoms with van der Waals surface area (Å²) in [7, 11) is 3.63. The van der Waals surface area contributed by atoms with Crippen LogP contribution in [0.15, 0.2) is 35.6 Å². The summed E-state index contributed by atoms with van der Waals surface area (Å²) in [5, 5.41) is 5.72. The van der Waals surface area contributed by atoms with Crippen LogP contribution in [0.2, 0.25) is 0 Å². The molecule has 19 heavy (non-hydrogen) atoms. The Balaban J connectivity index is 2.29. The van der Waals surface area contributed by atoms with Crippen LogP contribution >= 0.6 is 12.2 Å². The molecule has 0 atom stereocenters. The lowest BCUT2D eigenvalue weighted by Crippen LogP contribution is -2.30. The van der Waals surface area contributed by atoms with Gasteiger partial charge in [0.05, 0.1) is 18.1 Å². The highest BCUT2D eigenvalue weighted by Gasteiger charge is 2.04. The number of hydrazone groups is 1. The maximum Gasteiger partial charge on any atom is 0.189 e. The Kier molecular flexibility index (Phi) is 4.01. The Morgan fingerprint density at radius 3 is 2.74 bits per heavy atom. The van der Waals surface area contributed by atoms with E-state index in [1.807, 2.05) is 20.2 Å². The number of fused-ring (bicyclic) bond motifs is 1. The van der Waals surface area contributed by atoms with E-state index in [9.17, 15) is 4.39 Å². The number of hydrogen-bond donors (Lipinski definition) is 1. The molecule has 0 bridgehead atoms. The third kappa shape index (κ3) is 3.03. The van der Waals surface area contributed by atoms with Crippen LogP contribution < -0.4 is 5.43 Å². The van der Waals surface area contributed by atoms with Crippen molar-refractivity contribution in [2.24, 2.45) is 5.10 Å². The monoisotopic (exact) mass is 276 g/mol. The summed E-state index contributed by atoms with van der Waals surface area (Å²) in [5.41, 5.74) is 3.29. The Morgan fingerprint density at radius 1 is 1.37 bits per heavy atom. The van der Waals surface area contributed by atoms with Gasteiger partial charge in [0.1, 0.15) is 5.82 Å². The molecule has 2 rings (SSSR count). The standard InChI is InChI=1S/C13H13FN4S/c1-18(2)13(19)17-16-8-12-10-6-4-3-5-9(10)11(14)7-15-12/h3-8H,1-2H3,(H,17,19). The van der Waals surface area contributed by atoms with Gasteiger partial charge in [-0.25, -0.2) is 4.39 Å². The number of halogens is 1. The fourth-order valence-corrected chi connectivity index (χ4v) is 1.58. The van der Waals surface area contributed by atoms with E-state index >= 15 is 0 Å². The molecule has 6 heteroatoms. The van der Waals surface area contributed by atoms with Gasteiger partial charge < -0.3 is 4.90 Å². The predicted molar refractivity (Wildman–Crippen MR) is 78.7 cm³/mol. The maximum atomic E-state index is 13.6. The Bertz CT molecular complexity index is 640. The minimum atomic E-state index is -0.343. The third-order valence-electron chi connectivity index (χ3n) is 2.53. The molecule has 0 aliphatic carbocycles. The van der Waals surface area contributed by atoms with E-state index in [0.717, 1.165) is 0 Å². The predicted octanol–water partition coefficient (Wildman–Crippen LogP) is 2.14. The van der Waals surface area contributed by atoms with Crippen LogP contribution in [0.1, 0.15) is 5.69 Å². The Hall–Kier alpha value is -2.08. The van der Waals surface area contributed by atoms with Crippen molar-refractivity contribution in [2.45, 2.75) is 0 Å². The fraction of sp³-hybridized carbons (Fsp3) is 0.154. The minimum absolute atomic E-state index is 0.343. The van der Waals surface area contributed by atoms with Crippen molar-refractivity contribution in [2.75, 3.05) is 14.1 Å². The number of nitrogens with zero attached hydrogens (tertiary/aromatic N) is 3. The lowest BCUT2D eigenvalue weighted by Gasteiger charge is -2.11. The summed E-state index contributed by atoms with van der Waals surface area (Å²) in [6, 6.07) is 7.13. The van der Waals surface area contributed by atoms with Crippen molar-refractivity contribution in [3.8, 4) is 0 Å². The molecule has 2 aromatic rings. The first kappa shape index (κ1) is 13.4. The van der Waals surface area contributed by atoms with E-state index in [2.05, 4.69) is 15.5 Å². The zero-order valence-electron chi connectivity index (χ0n) is 10.6.